The maximum atomic E-state index is 10.8. The summed E-state index contributed by atoms with van der Waals surface area (Å²) in [6, 6.07) is 0. The fourth-order valence-electron chi connectivity index (χ4n) is 1.82. The molecule has 3 nitrogen and oxygen atoms in total. The van der Waals surface area contributed by atoms with Crippen LogP contribution in [0.1, 0.15) is 32.6 Å². The van der Waals surface area contributed by atoms with E-state index in [0.717, 1.165) is 31.9 Å². The molecule has 2 atom stereocenters. The van der Waals surface area contributed by atoms with Crippen LogP contribution in [0.25, 0.3) is 0 Å². The lowest BCUT2D eigenvalue weighted by Crippen LogP contribution is -2.21. The van der Waals surface area contributed by atoms with Crippen molar-refractivity contribution in [3.8, 4) is 0 Å². The van der Waals surface area contributed by atoms with Crippen molar-refractivity contribution in [2.24, 2.45) is 5.92 Å². The summed E-state index contributed by atoms with van der Waals surface area (Å²) in [5, 5.41) is 0. The van der Waals surface area contributed by atoms with E-state index in [-0.39, 0.29) is 6.10 Å². The van der Waals surface area contributed by atoms with Gasteiger partial charge in [-0.2, -0.15) is 8.42 Å². The Labute approximate surface area is 74.2 Å². The molecule has 0 amide bonds. The maximum Gasteiger partial charge on any atom is 0.264 e. The van der Waals surface area contributed by atoms with Gasteiger partial charge >= 0.3 is 0 Å². The van der Waals surface area contributed by atoms with E-state index in [1.807, 2.05) is 0 Å². The minimum Gasteiger partial charge on any atom is -0.267 e. The van der Waals surface area contributed by atoms with Gasteiger partial charge in [-0.1, -0.05) is 19.8 Å². The van der Waals surface area contributed by atoms with Crippen molar-refractivity contribution in [2.75, 3.05) is 6.26 Å². The van der Waals surface area contributed by atoms with Crippen molar-refractivity contribution in [3.05, 3.63) is 0 Å². The zero-order valence-corrected chi connectivity index (χ0v) is 8.43. The zero-order valence-electron chi connectivity index (χ0n) is 7.62. The molecule has 0 spiro atoms. The van der Waals surface area contributed by atoms with Crippen LogP contribution in [0, 0.1) is 5.92 Å². The van der Waals surface area contributed by atoms with Gasteiger partial charge in [0.05, 0.1) is 12.4 Å². The highest BCUT2D eigenvalue weighted by Gasteiger charge is 2.29. The highest BCUT2D eigenvalue weighted by molar-refractivity contribution is 7.86. The quantitative estimate of drug-likeness (QED) is 0.637. The highest BCUT2D eigenvalue weighted by atomic mass is 32.2. The minimum absolute atomic E-state index is 0.0509. The van der Waals surface area contributed by atoms with Crippen LogP contribution in [0.3, 0.4) is 0 Å². The normalized spacial score (nSPS) is 30.8. The molecule has 1 saturated carbocycles. The monoisotopic (exact) mass is 192 g/mol. The van der Waals surface area contributed by atoms with E-state index in [0.29, 0.717) is 5.92 Å². The van der Waals surface area contributed by atoms with E-state index >= 15 is 0 Å². The summed E-state index contributed by atoms with van der Waals surface area (Å²) in [6.45, 7) is 2.08. The summed E-state index contributed by atoms with van der Waals surface area (Å²) in [5.41, 5.74) is 0. The van der Waals surface area contributed by atoms with E-state index in [1.54, 1.807) is 0 Å². The Balaban J connectivity index is 2.52. The van der Waals surface area contributed by atoms with Gasteiger partial charge in [0.25, 0.3) is 10.1 Å². The molecule has 0 radical (unpaired) electrons. The topological polar surface area (TPSA) is 43.4 Å². The summed E-state index contributed by atoms with van der Waals surface area (Å²) >= 11 is 0. The summed E-state index contributed by atoms with van der Waals surface area (Å²) in [6.07, 6.45) is 5.18. The van der Waals surface area contributed by atoms with Crippen LogP contribution in [0.15, 0.2) is 0 Å². The molecule has 0 aliphatic heterocycles. The number of rotatable bonds is 3. The summed E-state index contributed by atoms with van der Waals surface area (Å²) in [5.74, 6) is 0.444. The molecule has 1 aliphatic carbocycles. The second kappa shape index (κ2) is 3.75. The average molecular weight is 192 g/mol. The van der Waals surface area contributed by atoms with Gasteiger partial charge in [-0.05, 0) is 18.8 Å². The largest absolute Gasteiger partial charge is 0.267 e. The first kappa shape index (κ1) is 9.99. The molecule has 0 aromatic heterocycles. The van der Waals surface area contributed by atoms with E-state index in [9.17, 15) is 8.42 Å². The molecule has 4 heteroatoms. The third kappa shape index (κ3) is 2.75. The van der Waals surface area contributed by atoms with Crippen LogP contribution in [-0.2, 0) is 14.3 Å². The molecule has 72 valence electrons. The summed E-state index contributed by atoms with van der Waals surface area (Å²) in [7, 11) is -3.25. The molecule has 2 unspecified atom stereocenters. The van der Waals surface area contributed by atoms with Crippen LogP contribution < -0.4 is 0 Å². The van der Waals surface area contributed by atoms with Gasteiger partial charge in [0.2, 0.25) is 0 Å². The lowest BCUT2D eigenvalue weighted by molar-refractivity contribution is 0.165. The number of hydrogen-bond acceptors (Lipinski definition) is 3. The third-order valence-corrected chi connectivity index (χ3v) is 3.01. The van der Waals surface area contributed by atoms with Gasteiger partial charge in [0, 0.05) is 0 Å². The number of hydrogen-bond donors (Lipinski definition) is 0. The van der Waals surface area contributed by atoms with Crippen LogP contribution in [-0.4, -0.2) is 20.8 Å². The second-order valence-electron chi connectivity index (χ2n) is 3.44. The average Bonchev–Trinajstić information content (AvgIpc) is 2.31. The Kier molecular flexibility index (Phi) is 3.12. The molecule has 1 aliphatic rings. The Morgan fingerprint density at radius 1 is 1.42 bits per heavy atom. The minimum atomic E-state index is -3.25. The van der Waals surface area contributed by atoms with Crippen molar-refractivity contribution in [1.29, 1.82) is 0 Å². The highest BCUT2D eigenvalue weighted by Crippen LogP contribution is 2.31. The van der Waals surface area contributed by atoms with Crippen molar-refractivity contribution >= 4 is 10.1 Å². The maximum absolute atomic E-state index is 10.8. The van der Waals surface area contributed by atoms with Crippen molar-refractivity contribution in [1.82, 2.24) is 0 Å². The van der Waals surface area contributed by atoms with Crippen LogP contribution in [0.2, 0.25) is 0 Å². The Morgan fingerprint density at radius 3 is 2.58 bits per heavy atom. The van der Waals surface area contributed by atoms with E-state index < -0.39 is 10.1 Å². The summed E-state index contributed by atoms with van der Waals surface area (Å²) < 4.78 is 26.6. The molecular formula is C8H16O3S. The van der Waals surface area contributed by atoms with Gasteiger partial charge < -0.3 is 0 Å². The van der Waals surface area contributed by atoms with Crippen molar-refractivity contribution < 1.29 is 12.6 Å². The first-order valence-corrected chi connectivity index (χ1v) is 6.23. The van der Waals surface area contributed by atoms with Gasteiger partial charge in [0.1, 0.15) is 0 Å². The smallest absolute Gasteiger partial charge is 0.264 e. The predicted octanol–water partition coefficient (Wildman–Crippen LogP) is 1.54. The molecule has 0 N–H and O–H groups in total. The van der Waals surface area contributed by atoms with Crippen molar-refractivity contribution in [3.63, 3.8) is 0 Å². The molecule has 0 aromatic carbocycles. The molecule has 0 saturated heterocycles. The first-order valence-electron chi connectivity index (χ1n) is 4.41. The van der Waals surface area contributed by atoms with Gasteiger partial charge in [-0.25, -0.2) is 0 Å². The molecule has 1 rings (SSSR count). The summed E-state index contributed by atoms with van der Waals surface area (Å²) in [4.78, 5) is 0. The SMILES string of the molecule is CCC1CCCC1OS(C)(=O)=O. The van der Waals surface area contributed by atoms with E-state index in [1.165, 1.54) is 0 Å². The molecule has 12 heavy (non-hydrogen) atoms. The van der Waals surface area contributed by atoms with Gasteiger partial charge in [-0.15, -0.1) is 0 Å². The molecule has 0 heterocycles. The molecule has 0 aromatic rings. The van der Waals surface area contributed by atoms with Crippen LogP contribution in [0.4, 0.5) is 0 Å². The van der Waals surface area contributed by atoms with Gasteiger partial charge in [0.15, 0.2) is 0 Å². The Morgan fingerprint density at radius 2 is 2.08 bits per heavy atom. The fraction of sp³-hybridized carbons (Fsp3) is 1.00. The molecule has 0 bridgehead atoms. The lowest BCUT2D eigenvalue weighted by atomic mass is 10.0. The first-order chi connectivity index (χ1) is 5.53. The predicted molar refractivity (Wildman–Crippen MR) is 47.3 cm³/mol. The Hall–Kier alpha value is -0.0900. The van der Waals surface area contributed by atoms with E-state index in [2.05, 4.69) is 6.92 Å². The second-order valence-corrected chi connectivity index (χ2v) is 5.04. The van der Waals surface area contributed by atoms with Gasteiger partial charge in [-0.3, -0.25) is 4.18 Å². The lowest BCUT2D eigenvalue weighted by Gasteiger charge is -2.16. The fourth-order valence-corrected chi connectivity index (χ4v) is 2.52. The third-order valence-electron chi connectivity index (χ3n) is 2.41. The van der Waals surface area contributed by atoms with Crippen molar-refractivity contribution in [2.45, 2.75) is 38.7 Å². The van der Waals surface area contributed by atoms with Crippen LogP contribution >= 0.6 is 0 Å². The molecular weight excluding hydrogens is 176 g/mol. The van der Waals surface area contributed by atoms with Crippen LogP contribution in [0.5, 0.6) is 0 Å². The Bertz CT molecular complexity index is 233. The standard InChI is InChI=1S/C8H16O3S/c1-3-7-5-4-6-8(7)11-12(2,9)10/h7-8H,3-6H2,1-2H3. The zero-order chi connectivity index (χ0) is 9.19. The van der Waals surface area contributed by atoms with E-state index in [4.69, 9.17) is 4.18 Å². The molecule has 1 fully saturated rings.